The van der Waals surface area contributed by atoms with Crippen molar-refractivity contribution in [3.63, 3.8) is 0 Å². The number of rotatable bonds is 6. The highest BCUT2D eigenvalue weighted by Crippen LogP contribution is 2.33. The number of nitro benzene ring substituents is 1. The number of amides is 1. The molecule has 0 unspecified atom stereocenters. The molecule has 0 aliphatic rings. The SMILES string of the molecule is COc1cc(/C=N\NC(=O)c2ccc(C)c(Cl)c2)c([N+](=O)[O-])cc1OC. The van der Waals surface area contributed by atoms with Crippen molar-refractivity contribution in [2.24, 2.45) is 5.10 Å². The third-order valence-corrected chi connectivity index (χ3v) is 3.94. The Balaban J connectivity index is 2.25. The maximum Gasteiger partial charge on any atom is 0.282 e. The fourth-order valence-corrected chi connectivity index (χ4v) is 2.29. The van der Waals surface area contributed by atoms with Gasteiger partial charge in [-0.25, -0.2) is 5.43 Å². The van der Waals surface area contributed by atoms with Gasteiger partial charge in [-0.05, 0) is 30.7 Å². The van der Waals surface area contributed by atoms with Crippen LogP contribution in [-0.4, -0.2) is 31.3 Å². The number of methoxy groups -OCH3 is 2. The Labute approximate surface area is 154 Å². The molecule has 26 heavy (non-hydrogen) atoms. The van der Waals surface area contributed by atoms with E-state index in [9.17, 15) is 14.9 Å². The van der Waals surface area contributed by atoms with Crippen LogP contribution in [0.1, 0.15) is 21.5 Å². The normalized spacial score (nSPS) is 10.6. The second-order valence-electron chi connectivity index (χ2n) is 5.19. The summed E-state index contributed by atoms with van der Waals surface area (Å²) in [7, 11) is 2.79. The lowest BCUT2D eigenvalue weighted by Crippen LogP contribution is -2.17. The van der Waals surface area contributed by atoms with E-state index in [0.717, 1.165) is 11.8 Å². The molecule has 0 saturated heterocycles. The van der Waals surface area contributed by atoms with Crippen LogP contribution >= 0.6 is 11.6 Å². The Morgan fingerprint density at radius 2 is 1.88 bits per heavy atom. The number of carbonyl (C=O) groups excluding carboxylic acids is 1. The molecule has 1 amide bonds. The Kier molecular flexibility index (Phi) is 6.13. The summed E-state index contributed by atoms with van der Waals surface area (Å²) in [5, 5.41) is 15.5. The highest BCUT2D eigenvalue weighted by atomic mass is 35.5. The first-order valence-electron chi connectivity index (χ1n) is 7.37. The van der Waals surface area contributed by atoms with Gasteiger partial charge in [0.2, 0.25) is 0 Å². The predicted molar refractivity (Wildman–Crippen MR) is 97.4 cm³/mol. The van der Waals surface area contributed by atoms with Crippen LogP contribution in [0.15, 0.2) is 35.4 Å². The summed E-state index contributed by atoms with van der Waals surface area (Å²) in [4.78, 5) is 22.7. The van der Waals surface area contributed by atoms with Crippen LogP contribution in [0.2, 0.25) is 5.02 Å². The van der Waals surface area contributed by atoms with Crippen molar-refractivity contribution in [2.45, 2.75) is 6.92 Å². The van der Waals surface area contributed by atoms with Gasteiger partial charge >= 0.3 is 0 Å². The van der Waals surface area contributed by atoms with E-state index >= 15 is 0 Å². The summed E-state index contributed by atoms with van der Waals surface area (Å²) in [6.07, 6.45) is 1.16. The van der Waals surface area contributed by atoms with Gasteiger partial charge in [-0.15, -0.1) is 0 Å². The van der Waals surface area contributed by atoms with Crippen LogP contribution in [0.4, 0.5) is 5.69 Å². The van der Waals surface area contributed by atoms with E-state index in [1.54, 1.807) is 12.1 Å². The summed E-state index contributed by atoms with van der Waals surface area (Å²) in [6, 6.07) is 7.45. The van der Waals surface area contributed by atoms with E-state index in [1.165, 1.54) is 32.4 Å². The van der Waals surface area contributed by atoms with Crippen molar-refractivity contribution in [3.8, 4) is 11.5 Å². The first kappa shape index (κ1) is 19.2. The van der Waals surface area contributed by atoms with E-state index in [-0.39, 0.29) is 17.0 Å². The maximum absolute atomic E-state index is 12.1. The van der Waals surface area contributed by atoms with Crippen LogP contribution in [0.5, 0.6) is 11.5 Å². The van der Waals surface area contributed by atoms with E-state index in [1.807, 2.05) is 6.92 Å². The molecule has 8 nitrogen and oxygen atoms in total. The first-order valence-corrected chi connectivity index (χ1v) is 7.75. The number of aryl methyl sites for hydroxylation is 1. The topological polar surface area (TPSA) is 103 Å². The zero-order chi connectivity index (χ0) is 19.3. The van der Waals surface area contributed by atoms with Gasteiger partial charge in [-0.2, -0.15) is 5.10 Å². The number of hydrazone groups is 1. The van der Waals surface area contributed by atoms with Gasteiger partial charge in [-0.1, -0.05) is 17.7 Å². The Morgan fingerprint density at radius 3 is 2.46 bits per heavy atom. The standard InChI is InChI=1S/C17H16ClN3O5/c1-10-4-5-11(6-13(10)18)17(22)20-19-9-12-7-15(25-2)16(26-3)8-14(12)21(23)24/h4-9H,1-3H3,(H,20,22)/b19-9-. The number of nitrogens with zero attached hydrogens (tertiary/aromatic N) is 2. The lowest BCUT2D eigenvalue weighted by Gasteiger charge is -2.08. The maximum atomic E-state index is 12.1. The number of halogens is 1. The number of hydrogen-bond donors (Lipinski definition) is 1. The lowest BCUT2D eigenvalue weighted by atomic mass is 10.1. The molecule has 2 rings (SSSR count). The molecule has 0 atom stereocenters. The van der Waals surface area contributed by atoms with Gasteiger partial charge in [0.1, 0.15) is 0 Å². The molecule has 0 spiro atoms. The Morgan fingerprint density at radius 1 is 1.23 bits per heavy atom. The van der Waals surface area contributed by atoms with Crippen LogP contribution in [0.25, 0.3) is 0 Å². The minimum atomic E-state index is -0.578. The Bertz CT molecular complexity index is 883. The molecule has 9 heteroatoms. The average molecular weight is 378 g/mol. The van der Waals surface area contributed by atoms with Crippen LogP contribution in [0, 0.1) is 17.0 Å². The van der Waals surface area contributed by atoms with Crippen molar-refractivity contribution < 1.29 is 19.2 Å². The monoisotopic (exact) mass is 377 g/mol. The highest BCUT2D eigenvalue weighted by molar-refractivity contribution is 6.31. The molecule has 0 aliphatic heterocycles. The first-order chi connectivity index (χ1) is 12.4. The van der Waals surface area contributed by atoms with Crippen molar-refractivity contribution in [3.05, 3.63) is 62.2 Å². The Hall–Kier alpha value is -3.13. The summed E-state index contributed by atoms with van der Waals surface area (Å²) < 4.78 is 10.2. The van der Waals surface area contributed by atoms with Crippen molar-refractivity contribution in [2.75, 3.05) is 14.2 Å². The minimum absolute atomic E-state index is 0.148. The van der Waals surface area contributed by atoms with Crippen molar-refractivity contribution in [1.82, 2.24) is 5.43 Å². The van der Waals surface area contributed by atoms with E-state index in [2.05, 4.69) is 10.5 Å². The van der Waals surface area contributed by atoms with Gasteiger partial charge in [0.05, 0.1) is 37.0 Å². The number of hydrogen-bond acceptors (Lipinski definition) is 6. The highest BCUT2D eigenvalue weighted by Gasteiger charge is 2.18. The van der Waals surface area contributed by atoms with Gasteiger partial charge in [-0.3, -0.25) is 14.9 Å². The lowest BCUT2D eigenvalue weighted by molar-refractivity contribution is -0.385. The fourth-order valence-electron chi connectivity index (χ4n) is 2.10. The second-order valence-corrected chi connectivity index (χ2v) is 5.59. The summed E-state index contributed by atoms with van der Waals surface area (Å²) in [6.45, 7) is 1.82. The molecule has 0 saturated carbocycles. The quantitative estimate of drug-likeness (QED) is 0.472. The molecule has 0 aliphatic carbocycles. The van der Waals surface area contributed by atoms with Gasteiger partial charge < -0.3 is 9.47 Å². The molecule has 1 N–H and O–H groups in total. The smallest absolute Gasteiger partial charge is 0.282 e. The zero-order valence-corrected chi connectivity index (χ0v) is 15.0. The minimum Gasteiger partial charge on any atom is -0.493 e. The summed E-state index contributed by atoms with van der Waals surface area (Å²) in [5.41, 5.74) is 3.37. The number of nitrogens with one attached hydrogen (secondary N) is 1. The zero-order valence-electron chi connectivity index (χ0n) is 14.3. The van der Waals surface area contributed by atoms with E-state index in [4.69, 9.17) is 21.1 Å². The molecule has 2 aromatic carbocycles. The largest absolute Gasteiger partial charge is 0.493 e. The number of carbonyl (C=O) groups is 1. The van der Waals surface area contributed by atoms with Crippen molar-refractivity contribution in [1.29, 1.82) is 0 Å². The molecule has 0 bridgehead atoms. The van der Waals surface area contributed by atoms with Gasteiger partial charge in [0, 0.05) is 10.6 Å². The van der Waals surface area contributed by atoms with Gasteiger partial charge in [0.25, 0.3) is 11.6 Å². The molecule has 0 radical (unpaired) electrons. The van der Waals surface area contributed by atoms with Crippen molar-refractivity contribution >= 4 is 29.4 Å². The number of nitro groups is 1. The third kappa shape index (κ3) is 4.28. The molecule has 136 valence electrons. The third-order valence-electron chi connectivity index (χ3n) is 3.53. The van der Waals surface area contributed by atoms with Crippen LogP contribution < -0.4 is 14.9 Å². The summed E-state index contributed by atoms with van der Waals surface area (Å²) in [5.74, 6) is 0.0251. The molecule has 0 fully saturated rings. The molecule has 2 aromatic rings. The number of ether oxygens (including phenoxy) is 2. The molecule has 0 heterocycles. The predicted octanol–water partition coefficient (Wildman–Crippen LogP) is 3.34. The summed E-state index contributed by atoms with van der Waals surface area (Å²) >= 11 is 5.99. The second kappa shape index (κ2) is 8.30. The fraction of sp³-hybridized carbons (Fsp3) is 0.176. The van der Waals surface area contributed by atoms with Gasteiger partial charge in [0.15, 0.2) is 11.5 Å². The van der Waals surface area contributed by atoms with E-state index in [0.29, 0.717) is 16.3 Å². The molecular weight excluding hydrogens is 362 g/mol. The van der Waals surface area contributed by atoms with E-state index < -0.39 is 10.8 Å². The molecular formula is C17H16ClN3O5. The van der Waals surface area contributed by atoms with Crippen LogP contribution in [0.3, 0.4) is 0 Å². The average Bonchev–Trinajstić information content (AvgIpc) is 2.63. The van der Waals surface area contributed by atoms with Crippen LogP contribution in [-0.2, 0) is 0 Å². The molecule has 0 aromatic heterocycles. The number of benzene rings is 2.